The molecule has 0 N–H and O–H groups in total. The molecule has 104 valence electrons. The van der Waals surface area contributed by atoms with Gasteiger partial charge in [-0.15, -0.1) is 0 Å². The van der Waals surface area contributed by atoms with Crippen molar-refractivity contribution in [2.75, 3.05) is 23.0 Å². The fourth-order valence-electron chi connectivity index (χ4n) is 3.14. The minimum atomic E-state index is 0.607. The highest BCUT2D eigenvalue weighted by Crippen LogP contribution is 2.31. The van der Waals surface area contributed by atoms with Crippen LogP contribution in [0.4, 0.5) is 5.82 Å². The molecule has 0 saturated carbocycles. The number of anilines is 1. The number of fused-ring (bicyclic) bond motifs is 1. The molecule has 1 aromatic heterocycles. The number of hydrogen-bond donors (Lipinski definition) is 0. The van der Waals surface area contributed by atoms with Gasteiger partial charge < -0.3 is 4.90 Å². The van der Waals surface area contributed by atoms with Gasteiger partial charge in [-0.25, -0.2) is 9.97 Å². The van der Waals surface area contributed by atoms with Gasteiger partial charge in [0, 0.05) is 29.6 Å². The summed E-state index contributed by atoms with van der Waals surface area (Å²) in [4.78, 5) is 12.0. The summed E-state index contributed by atoms with van der Waals surface area (Å²) in [5.74, 6) is 4.70. The maximum Gasteiger partial charge on any atom is 0.136 e. The molecule has 0 spiro atoms. The molecule has 0 bridgehead atoms. The summed E-state index contributed by atoms with van der Waals surface area (Å²) < 4.78 is 0. The third-order valence-electron chi connectivity index (χ3n) is 4.23. The van der Waals surface area contributed by atoms with Gasteiger partial charge in [-0.2, -0.15) is 11.8 Å². The SMILES string of the molecule is Cc1nc2c(c(N3CCSCCC3C)n1)CCCC2. The first kappa shape index (κ1) is 13.2. The molecule has 1 fully saturated rings. The van der Waals surface area contributed by atoms with E-state index < -0.39 is 0 Å². The van der Waals surface area contributed by atoms with Gasteiger partial charge in [0.2, 0.25) is 0 Å². The molecule has 0 amide bonds. The largest absolute Gasteiger partial charge is 0.353 e. The Morgan fingerprint density at radius 1 is 1.16 bits per heavy atom. The van der Waals surface area contributed by atoms with Crippen LogP contribution in [0.2, 0.25) is 0 Å². The number of aryl methyl sites for hydroxylation is 2. The Hall–Kier alpha value is -0.770. The van der Waals surface area contributed by atoms with Crippen LogP contribution in [0.15, 0.2) is 0 Å². The monoisotopic (exact) mass is 277 g/mol. The van der Waals surface area contributed by atoms with Crippen molar-refractivity contribution in [1.29, 1.82) is 0 Å². The highest BCUT2D eigenvalue weighted by molar-refractivity contribution is 7.99. The number of aromatic nitrogens is 2. The Morgan fingerprint density at radius 2 is 2.00 bits per heavy atom. The molecular formula is C15H23N3S. The Balaban J connectivity index is 2.00. The van der Waals surface area contributed by atoms with Crippen LogP contribution >= 0.6 is 11.8 Å². The molecule has 0 radical (unpaired) electrons. The highest BCUT2D eigenvalue weighted by Gasteiger charge is 2.25. The van der Waals surface area contributed by atoms with Gasteiger partial charge in [0.05, 0.1) is 0 Å². The molecule has 1 atom stereocenters. The Labute approximate surface area is 120 Å². The molecule has 1 aliphatic carbocycles. The Morgan fingerprint density at radius 3 is 2.89 bits per heavy atom. The molecule has 1 aliphatic heterocycles. The van der Waals surface area contributed by atoms with Crippen molar-refractivity contribution in [3.05, 3.63) is 17.1 Å². The van der Waals surface area contributed by atoms with Gasteiger partial charge >= 0.3 is 0 Å². The Kier molecular flexibility index (Phi) is 3.96. The van der Waals surface area contributed by atoms with E-state index in [0.29, 0.717) is 6.04 Å². The van der Waals surface area contributed by atoms with Crippen molar-refractivity contribution < 1.29 is 0 Å². The van der Waals surface area contributed by atoms with Gasteiger partial charge in [-0.05, 0) is 51.7 Å². The average molecular weight is 277 g/mol. The van der Waals surface area contributed by atoms with Gasteiger partial charge in [0.25, 0.3) is 0 Å². The lowest BCUT2D eigenvalue weighted by molar-refractivity contribution is 0.611. The van der Waals surface area contributed by atoms with Crippen molar-refractivity contribution in [2.24, 2.45) is 0 Å². The molecule has 3 nitrogen and oxygen atoms in total. The van der Waals surface area contributed by atoms with E-state index in [2.05, 4.69) is 28.6 Å². The zero-order valence-electron chi connectivity index (χ0n) is 12.0. The number of nitrogens with zero attached hydrogens (tertiary/aromatic N) is 3. The van der Waals surface area contributed by atoms with E-state index in [1.54, 1.807) is 0 Å². The highest BCUT2D eigenvalue weighted by atomic mass is 32.2. The minimum absolute atomic E-state index is 0.607. The summed E-state index contributed by atoms with van der Waals surface area (Å²) in [6, 6.07) is 0.607. The number of thioether (sulfide) groups is 1. The van der Waals surface area contributed by atoms with Crippen LogP contribution < -0.4 is 4.90 Å². The molecule has 3 rings (SSSR count). The standard InChI is InChI=1S/C15H23N3S/c1-11-7-9-19-10-8-18(11)15-13-5-3-4-6-14(13)16-12(2)17-15/h11H,3-10H2,1-2H3. The smallest absolute Gasteiger partial charge is 0.136 e. The fourth-order valence-corrected chi connectivity index (χ4v) is 4.18. The zero-order chi connectivity index (χ0) is 13.2. The van der Waals surface area contributed by atoms with Crippen molar-refractivity contribution in [3.8, 4) is 0 Å². The van der Waals surface area contributed by atoms with Gasteiger partial charge in [0.1, 0.15) is 11.6 Å². The quantitative estimate of drug-likeness (QED) is 0.789. The first-order valence-electron chi connectivity index (χ1n) is 7.46. The first-order chi connectivity index (χ1) is 9.25. The molecule has 4 heteroatoms. The van der Waals surface area contributed by atoms with E-state index in [-0.39, 0.29) is 0 Å². The maximum absolute atomic E-state index is 4.81. The summed E-state index contributed by atoms with van der Waals surface area (Å²) in [7, 11) is 0. The molecule has 1 saturated heterocycles. The molecule has 1 aromatic rings. The predicted octanol–water partition coefficient (Wildman–Crippen LogP) is 3.00. The Bertz CT molecular complexity index is 461. The van der Waals surface area contributed by atoms with Gasteiger partial charge in [-0.3, -0.25) is 0 Å². The summed E-state index contributed by atoms with van der Waals surface area (Å²) in [6.07, 6.45) is 6.16. The topological polar surface area (TPSA) is 29.0 Å². The van der Waals surface area contributed by atoms with E-state index in [1.807, 2.05) is 6.92 Å². The fraction of sp³-hybridized carbons (Fsp3) is 0.733. The van der Waals surface area contributed by atoms with E-state index in [0.717, 1.165) is 18.8 Å². The van der Waals surface area contributed by atoms with Crippen LogP contribution in [-0.2, 0) is 12.8 Å². The second kappa shape index (κ2) is 5.70. The van der Waals surface area contributed by atoms with Crippen molar-refractivity contribution in [2.45, 2.75) is 52.0 Å². The maximum atomic E-state index is 4.81. The van der Waals surface area contributed by atoms with Crippen LogP contribution in [-0.4, -0.2) is 34.1 Å². The molecule has 2 heterocycles. The first-order valence-corrected chi connectivity index (χ1v) is 8.62. The minimum Gasteiger partial charge on any atom is -0.353 e. The lowest BCUT2D eigenvalue weighted by atomic mass is 9.95. The molecule has 19 heavy (non-hydrogen) atoms. The van der Waals surface area contributed by atoms with Crippen LogP contribution in [0.3, 0.4) is 0 Å². The second-order valence-electron chi connectivity index (χ2n) is 5.67. The lowest BCUT2D eigenvalue weighted by Gasteiger charge is -2.31. The van der Waals surface area contributed by atoms with Crippen molar-refractivity contribution >= 4 is 17.6 Å². The third kappa shape index (κ3) is 2.73. The average Bonchev–Trinajstić information content (AvgIpc) is 2.62. The summed E-state index contributed by atoms with van der Waals surface area (Å²) in [5.41, 5.74) is 2.76. The zero-order valence-corrected chi connectivity index (χ0v) is 12.8. The summed E-state index contributed by atoms with van der Waals surface area (Å²) in [6.45, 7) is 5.52. The van der Waals surface area contributed by atoms with Crippen LogP contribution in [0.5, 0.6) is 0 Å². The lowest BCUT2D eigenvalue weighted by Crippen LogP contribution is -2.36. The van der Waals surface area contributed by atoms with Crippen LogP contribution in [0.25, 0.3) is 0 Å². The predicted molar refractivity (Wildman–Crippen MR) is 82.2 cm³/mol. The van der Waals surface area contributed by atoms with Gasteiger partial charge in [0.15, 0.2) is 0 Å². The van der Waals surface area contributed by atoms with E-state index in [1.165, 1.54) is 54.3 Å². The number of hydrogen-bond acceptors (Lipinski definition) is 4. The third-order valence-corrected chi connectivity index (χ3v) is 5.23. The van der Waals surface area contributed by atoms with Crippen molar-refractivity contribution in [3.63, 3.8) is 0 Å². The molecular weight excluding hydrogens is 254 g/mol. The van der Waals surface area contributed by atoms with Crippen molar-refractivity contribution in [1.82, 2.24) is 9.97 Å². The summed E-state index contributed by atoms with van der Waals surface area (Å²) in [5, 5.41) is 0. The van der Waals surface area contributed by atoms with E-state index in [9.17, 15) is 0 Å². The van der Waals surface area contributed by atoms with Crippen LogP contribution in [0, 0.1) is 6.92 Å². The molecule has 2 aliphatic rings. The van der Waals surface area contributed by atoms with E-state index in [4.69, 9.17) is 4.98 Å². The normalized spacial score (nSPS) is 23.9. The van der Waals surface area contributed by atoms with E-state index >= 15 is 0 Å². The molecule has 0 aromatic carbocycles. The van der Waals surface area contributed by atoms with Gasteiger partial charge in [-0.1, -0.05) is 0 Å². The summed E-state index contributed by atoms with van der Waals surface area (Å²) >= 11 is 2.07. The van der Waals surface area contributed by atoms with Crippen LogP contribution in [0.1, 0.15) is 43.3 Å². The second-order valence-corrected chi connectivity index (χ2v) is 6.89. The molecule has 1 unspecified atom stereocenters. The number of rotatable bonds is 1.